The van der Waals surface area contributed by atoms with E-state index < -0.39 is 0 Å². The topological polar surface area (TPSA) is 94.1 Å². The van der Waals surface area contributed by atoms with Gasteiger partial charge in [-0.25, -0.2) is 4.98 Å². The first-order valence-corrected chi connectivity index (χ1v) is 9.34. The first-order chi connectivity index (χ1) is 13.2. The number of aromatic hydroxyl groups is 1. The van der Waals surface area contributed by atoms with Crippen LogP contribution in [-0.4, -0.2) is 56.8 Å². The van der Waals surface area contributed by atoms with Crippen molar-refractivity contribution in [2.75, 3.05) is 19.6 Å². The molecular weight excluding hydrogens is 342 g/mol. The Morgan fingerprint density at radius 2 is 2.00 bits per heavy atom. The number of pyridine rings is 1. The number of aromatic amines is 1. The summed E-state index contributed by atoms with van der Waals surface area (Å²) in [5.74, 6) is 0.682. The number of fused-ring (bicyclic) bond motifs is 4. The van der Waals surface area contributed by atoms with Gasteiger partial charge in [0.2, 0.25) is 0 Å². The number of amides is 1. The van der Waals surface area contributed by atoms with Crippen LogP contribution in [-0.2, 0) is 0 Å². The van der Waals surface area contributed by atoms with E-state index in [4.69, 9.17) is 0 Å². The molecule has 7 heteroatoms. The number of aromatic nitrogens is 3. The lowest BCUT2D eigenvalue weighted by Gasteiger charge is -2.44. The molecule has 2 aromatic heterocycles. The van der Waals surface area contributed by atoms with Gasteiger partial charge in [0, 0.05) is 18.2 Å². The fraction of sp³-hybridized carbons (Fsp3) is 0.350. The summed E-state index contributed by atoms with van der Waals surface area (Å²) in [6.07, 6.45) is 3.96. The number of nitrogens with one attached hydrogen (secondary N) is 2. The molecule has 3 aliphatic heterocycles. The molecule has 7 nitrogen and oxygen atoms in total. The number of benzene rings is 1. The van der Waals surface area contributed by atoms with E-state index >= 15 is 0 Å². The van der Waals surface area contributed by atoms with Crippen LogP contribution in [0.4, 0.5) is 0 Å². The molecule has 3 aliphatic rings. The van der Waals surface area contributed by atoms with Crippen LogP contribution in [0.15, 0.2) is 36.5 Å². The number of nitrogens with zero attached hydrogens (tertiary/aromatic N) is 3. The lowest BCUT2D eigenvalue weighted by atomic mass is 9.84. The molecule has 6 rings (SSSR count). The first-order valence-electron chi connectivity index (χ1n) is 9.34. The molecule has 0 aliphatic carbocycles. The second-order valence-electron chi connectivity index (χ2n) is 7.45. The third kappa shape index (κ3) is 2.94. The van der Waals surface area contributed by atoms with Crippen molar-refractivity contribution in [2.24, 2.45) is 5.92 Å². The minimum Gasteiger partial charge on any atom is -0.508 e. The molecule has 27 heavy (non-hydrogen) atoms. The smallest absolute Gasteiger partial charge is 0.252 e. The molecular formula is C20H21N5O2. The van der Waals surface area contributed by atoms with Crippen LogP contribution in [0, 0.1) is 5.92 Å². The summed E-state index contributed by atoms with van der Waals surface area (Å²) in [5, 5.41) is 20.4. The number of piperidine rings is 3. The fourth-order valence-electron chi connectivity index (χ4n) is 4.27. The monoisotopic (exact) mass is 363 g/mol. The van der Waals surface area contributed by atoms with Crippen LogP contribution in [0.1, 0.15) is 23.2 Å². The van der Waals surface area contributed by atoms with Gasteiger partial charge in [0.1, 0.15) is 5.75 Å². The van der Waals surface area contributed by atoms with Crippen LogP contribution in [0.2, 0.25) is 0 Å². The number of rotatable bonds is 3. The number of hydrogen-bond donors (Lipinski definition) is 3. The first kappa shape index (κ1) is 16.3. The van der Waals surface area contributed by atoms with E-state index in [2.05, 4.69) is 25.4 Å². The minimum absolute atomic E-state index is 0.0809. The van der Waals surface area contributed by atoms with Gasteiger partial charge in [-0.1, -0.05) is 0 Å². The second-order valence-corrected chi connectivity index (χ2v) is 7.45. The third-order valence-corrected chi connectivity index (χ3v) is 5.80. The van der Waals surface area contributed by atoms with Gasteiger partial charge in [-0.2, -0.15) is 5.10 Å². The predicted molar refractivity (Wildman–Crippen MR) is 101 cm³/mol. The average Bonchev–Trinajstić information content (AvgIpc) is 3.17. The van der Waals surface area contributed by atoms with E-state index in [1.807, 2.05) is 0 Å². The number of phenols is 1. The highest BCUT2D eigenvalue weighted by atomic mass is 16.3. The molecule has 1 amide bonds. The summed E-state index contributed by atoms with van der Waals surface area (Å²) in [6, 6.07) is 8.81. The van der Waals surface area contributed by atoms with Gasteiger partial charge in [0.05, 0.1) is 22.8 Å². The number of carbonyl (C=O) groups excluding carboxylic acids is 1. The Balaban J connectivity index is 1.49. The molecule has 3 aromatic rings. The maximum absolute atomic E-state index is 13.1. The summed E-state index contributed by atoms with van der Waals surface area (Å²) in [6.45, 7) is 3.22. The zero-order chi connectivity index (χ0) is 18.4. The standard InChI is InChI=1S/C20H21N5O2/c26-14-3-1-12(2-4-14)17-9-15(16-10-21-24-19(16)22-17)20(27)23-18-11-25-7-5-13(18)6-8-25/h1-4,9-10,13,18,26H,5-8,11H2,(H,23,27)(H,21,22,24)/t18-/m0/s1. The Bertz CT molecular complexity index is 989. The van der Waals surface area contributed by atoms with Crippen LogP contribution >= 0.6 is 0 Å². The van der Waals surface area contributed by atoms with E-state index in [1.165, 1.54) is 0 Å². The van der Waals surface area contributed by atoms with Gasteiger partial charge >= 0.3 is 0 Å². The van der Waals surface area contributed by atoms with E-state index in [0.717, 1.165) is 43.4 Å². The maximum Gasteiger partial charge on any atom is 0.252 e. The summed E-state index contributed by atoms with van der Waals surface area (Å²) in [7, 11) is 0. The Labute approximate surface area is 156 Å². The van der Waals surface area contributed by atoms with Crippen molar-refractivity contribution in [2.45, 2.75) is 18.9 Å². The third-order valence-electron chi connectivity index (χ3n) is 5.80. The Morgan fingerprint density at radius 3 is 2.70 bits per heavy atom. The molecule has 0 spiro atoms. The SMILES string of the molecule is O=C(N[C@H]1CN2CCC1CC2)c1cc(-c2ccc(O)cc2)nc2[nH]ncc12. The largest absolute Gasteiger partial charge is 0.508 e. The average molecular weight is 363 g/mol. The lowest BCUT2D eigenvalue weighted by Crippen LogP contribution is -2.57. The highest BCUT2D eigenvalue weighted by Gasteiger charge is 2.35. The highest BCUT2D eigenvalue weighted by Crippen LogP contribution is 2.29. The predicted octanol–water partition coefficient (Wildman–Crippen LogP) is 2.15. The van der Waals surface area contributed by atoms with Gasteiger partial charge in [-0.3, -0.25) is 9.89 Å². The van der Waals surface area contributed by atoms with Crippen LogP contribution < -0.4 is 5.32 Å². The molecule has 0 saturated carbocycles. The van der Waals surface area contributed by atoms with Gasteiger partial charge < -0.3 is 15.3 Å². The molecule has 1 atom stereocenters. The highest BCUT2D eigenvalue weighted by molar-refractivity contribution is 6.06. The van der Waals surface area contributed by atoms with Crippen LogP contribution in [0.3, 0.4) is 0 Å². The fourth-order valence-corrected chi connectivity index (χ4v) is 4.27. The van der Waals surface area contributed by atoms with Crippen molar-refractivity contribution < 1.29 is 9.90 Å². The van der Waals surface area contributed by atoms with Crippen molar-refractivity contribution >= 4 is 16.9 Å². The van der Waals surface area contributed by atoms with Crippen LogP contribution in [0.25, 0.3) is 22.3 Å². The minimum atomic E-state index is -0.0809. The van der Waals surface area contributed by atoms with Crippen LogP contribution in [0.5, 0.6) is 5.75 Å². The van der Waals surface area contributed by atoms with Gasteiger partial charge in [0.15, 0.2) is 5.65 Å². The molecule has 0 radical (unpaired) electrons. The zero-order valence-electron chi connectivity index (χ0n) is 14.9. The zero-order valence-corrected chi connectivity index (χ0v) is 14.9. The van der Waals surface area contributed by atoms with Crippen molar-refractivity contribution in [1.82, 2.24) is 25.4 Å². The van der Waals surface area contributed by atoms with Gasteiger partial charge in [-0.15, -0.1) is 0 Å². The number of carbonyl (C=O) groups is 1. The number of hydrogen-bond acceptors (Lipinski definition) is 5. The Kier molecular flexibility index (Phi) is 3.82. The van der Waals surface area contributed by atoms with Crippen molar-refractivity contribution in [3.63, 3.8) is 0 Å². The van der Waals surface area contributed by atoms with Gasteiger partial charge in [0.25, 0.3) is 5.91 Å². The summed E-state index contributed by atoms with van der Waals surface area (Å²) in [4.78, 5) is 20.1. The number of H-pyrrole nitrogens is 1. The van der Waals surface area contributed by atoms with E-state index in [9.17, 15) is 9.90 Å². The molecule has 3 saturated heterocycles. The lowest BCUT2D eigenvalue weighted by molar-refractivity contribution is 0.0621. The summed E-state index contributed by atoms with van der Waals surface area (Å²) >= 11 is 0. The van der Waals surface area contributed by atoms with Crippen molar-refractivity contribution in [1.29, 1.82) is 0 Å². The van der Waals surface area contributed by atoms with E-state index in [-0.39, 0.29) is 17.7 Å². The molecule has 1 aromatic carbocycles. The second kappa shape index (κ2) is 6.35. The number of phenolic OH excluding ortho intramolecular Hbond substituents is 1. The van der Waals surface area contributed by atoms with Gasteiger partial charge in [-0.05, 0) is 62.2 Å². The molecule has 5 heterocycles. The van der Waals surface area contributed by atoms with Crippen molar-refractivity contribution in [3.8, 4) is 17.0 Å². The molecule has 3 fully saturated rings. The Morgan fingerprint density at radius 1 is 1.22 bits per heavy atom. The summed E-state index contributed by atoms with van der Waals surface area (Å²) < 4.78 is 0. The molecule has 0 unspecified atom stereocenters. The molecule has 3 N–H and O–H groups in total. The molecule has 2 bridgehead atoms. The van der Waals surface area contributed by atoms with Crippen molar-refractivity contribution in [3.05, 3.63) is 42.1 Å². The summed E-state index contributed by atoms with van der Waals surface area (Å²) in [5.41, 5.74) is 2.67. The normalized spacial score (nSPS) is 24.2. The van der Waals surface area contributed by atoms with E-state index in [0.29, 0.717) is 22.8 Å². The van der Waals surface area contributed by atoms with E-state index in [1.54, 1.807) is 36.5 Å². The Hall–Kier alpha value is -2.93. The quantitative estimate of drug-likeness (QED) is 0.663. The maximum atomic E-state index is 13.1. The molecule has 138 valence electrons.